The second-order valence-electron chi connectivity index (χ2n) is 5.38. The molecule has 6 nitrogen and oxygen atoms in total. The summed E-state index contributed by atoms with van der Waals surface area (Å²) in [5.41, 5.74) is 7.70. The third-order valence-electron chi connectivity index (χ3n) is 4.21. The zero-order chi connectivity index (χ0) is 13.6. The first-order chi connectivity index (χ1) is 9.09. The molecule has 1 amide bonds. The molecule has 1 aromatic rings. The molecule has 0 radical (unpaired) electrons. The van der Waals surface area contributed by atoms with Gasteiger partial charge in [0.15, 0.2) is 0 Å². The molecule has 19 heavy (non-hydrogen) atoms. The maximum Gasteiger partial charge on any atom is 0.274 e. The normalized spacial score (nSPS) is 26.5. The number of anilines is 1. The first-order valence-electron chi connectivity index (χ1n) is 6.81. The Kier molecular flexibility index (Phi) is 2.97. The molecule has 3 rings (SSSR count). The fourth-order valence-corrected chi connectivity index (χ4v) is 3.24. The van der Waals surface area contributed by atoms with Gasteiger partial charge in [0.05, 0.1) is 30.1 Å². The van der Waals surface area contributed by atoms with Crippen LogP contribution < -0.4 is 5.73 Å². The molecule has 1 saturated carbocycles. The van der Waals surface area contributed by atoms with Gasteiger partial charge in [0.25, 0.3) is 5.91 Å². The maximum atomic E-state index is 12.7. The Labute approximate surface area is 112 Å². The number of aryl methyl sites for hydroxylation is 2. The van der Waals surface area contributed by atoms with Gasteiger partial charge < -0.3 is 15.4 Å². The van der Waals surface area contributed by atoms with E-state index in [1.54, 1.807) is 11.7 Å². The lowest BCUT2D eigenvalue weighted by Gasteiger charge is -2.37. The summed E-state index contributed by atoms with van der Waals surface area (Å²) >= 11 is 0. The molecule has 0 aromatic carbocycles. The van der Waals surface area contributed by atoms with Crippen molar-refractivity contribution in [2.45, 2.75) is 38.3 Å². The monoisotopic (exact) mass is 264 g/mol. The second-order valence-corrected chi connectivity index (χ2v) is 5.38. The van der Waals surface area contributed by atoms with E-state index in [4.69, 9.17) is 10.5 Å². The van der Waals surface area contributed by atoms with Crippen molar-refractivity contribution < 1.29 is 9.53 Å². The Hall–Kier alpha value is -1.56. The molecule has 1 saturated heterocycles. The van der Waals surface area contributed by atoms with Gasteiger partial charge in [-0.05, 0) is 26.2 Å². The second kappa shape index (κ2) is 4.52. The van der Waals surface area contributed by atoms with Gasteiger partial charge in [-0.3, -0.25) is 9.48 Å². The fourth-order valence-electron chi connectivity index (χ4n) is 3.24. The summed E-state index contributed by atoms with van der Waals surface area (Å²) in [6, 6.07) is 0.204. The summed E-state index contributed by atoms with van der Waals surface area (Å²) in [7, 11) is 1.77. The van der Waals surface area contributed by atoms with E-state index in [1.807, 2.05) is 11.8 Å². The molecule has 2 atom stereocenters. The lowest BCUT2D eigenvalue weighted by atomic mass is 10.1. The third kappa shape index (κ3) is 1.90. The van der Waals surface area contributed by atoms with Gasteiger partial charge in [-0.25, -0.2) is 0 Å². The first-order valence-corrected chi connectivity index (χ1v) is 6.81. The topological polar surface area (TPSA) is 73.4 Å². The zero-order valence-corrected chi connectivity index (χ0v) is 11.4. The quantitative estimate of drug-likeness (QED) is 0.810. The predicted octanol–water partition coefficient (Wildman–Crippen LogP) is 0.704. The molecular formula is C13H20N4O2. The van der Waals surface area contributed by atoms with Crippen molar-refractivity contribution in [3.63, 3.8) is 0 Å². The van der Waals surface area contributed by atoms with Crippen molar-refractivity contribution >= 4 is 11.6 Å². The van der Waals surface area contributed by atoms with Gasteiger partial charge >= 0.3 is 0 Å². The number of nitrogens with zero attached hydrogens (tertiary/aromatic N) is 3. The molecule has 1 aromatic heterocycles. The first kappa shape index (κ1) is 12.5. The Morgan fingerprint density at radius 2 is 2.26 bits per heavy atom. The number of carbonyl (C=O) groups is 1. The van der Waals surface area contributed by atoms with Crippen molar-refractivity contribution in [1.29, 1.82) is 0 Å². The summed E-state index contributed by atoms with van der Waals surface area (Å²) in [6.07, 6.45) is 3.40. The Morgan fingerprint density at radius 1 is 1.47 bits per heavy atom. The van der Waals surface area contributed by atoms with Crippen LogP contribution in [0.2, 0.25) is 0 Å². The highest BCUT2D eigenvalue weighted by molar-refractivity contribution is 5.98. The zero-order valence-electron chi connectivity index (χ0n) is 11.4. The number of fused-ring (bicyclic) bond motifs is 1. The Morgan fingerprint density at radius 3 is 2.95 bits per heavy atom. The van der Waals surface area contributed by atoms with Crippen molar-refractivity contribution in [2.75, 3.05) is 18.9 Å². The third-order valence-corrected chi connectivity index (χ3v) is 4.21. The van der Waals surface area contributed by atoms with E-state index in [1.165, 1.54) is 0 Å². The van der Waals surface area contributed by atoms with Crippen LogP contribution in [0, 0.1) is 6.92 Å². The number of hydrogen-bond donors (Lipinski definition) is 1. The molecule has 2 fully saturated rings. The minimum absolute atomic E-state index is 0.0131. The van der Waals surface area contributed by atoms with Crippen molar-refractivity contribution in [3.05, 3.63) is 11.4 Å². The standard InChI is InChI=1S/C13H20N4O2/c1-8-11(14)12(16(2)15-8)13(18)17-6-7-19-10-5-3-4-9(10)17/h9-10H,3-7,14H2,1-2H3. The van der Waals surface area contributed by atoms with Gasteiger partial charge in [0.2, 0.25) is 0 Å². The van der Waals surface area contributed by atoms with E-state index >= 15 is 0 Å². The smallest absolute Gasteiger partial charge is 0.274 e. The molecule has 1 aliphatic carbocycles. The molecule has 2 aliphatic rings. The van der Waals surface area contributed by atoms with E-state index in [-0.39, 0.29) is 18.1 Å². The summed E-state index contributed by atoms with van der Waals surface area (Å²) in [5, 5.41) is 4.22. The van der Waals surface area contributed by atoms with Crippen molar-refractivity contribution in [1.82, 2.24) is 14.7 Å². The van der Waals surface area contributed by atoms with E-state index in [9.17, 15) is 4.79 Å². The lowest BCUT2D eigenvalue weighted by Crippen LogP contribution is -2.51. The average molecular weight is 264 g/mol. The van der Waals surface area contributed by atoms with E-state index in [0.29, 0.717) is 30.2 Å². The van der Waals surface area contributed by atoms with E-state index in [0.717, 1.165) is 19.3 Å². The van der Waals surface area contributed by atoms with Gasteiger partial charge in [-0.15, -0.1) is 0 Å². The molecule has 2 unspecified atom stereocenters. The number of ether oxygens (including phenoxy) is 1. The highest BCUT2D eigenvalue weighted by Crippen LogP contribution is 2.31. The number of aromatic nitrogens is 2. The minimum Gasteiger partial charge on any atom is -0.395 e. The highest BCUT2D eigenvalue weighted by Gasteiger charge is 2.39. The van der Waals surface area contributed by atoms with Crippen molar-refractivity contribution in [3.8, 4) is 0 Å². The van der Waals surface area contributed by atoms with E-state index in [2.05, 4.69) is 5.10 Å². The number of rotatable bonds is 1. The lowest BCUT2D eigenvalue weighted by molar-refractivity contribution is -0.0448. The number of amides is 1. The van der Waals surface area contributed by atoms with Crippen LogP contribution in [0.4, 0.5) is 5.69 Å². The van der Waals surface area contributed by atoms with Crippen LogP contribution in [-0.4, -0.2) is 45.9 Å². The fraction of sp³-hybridized carbons (Fsp3) is 0.692. The summed E-state index contributed by atoms with van der Waals surface area (Å²) in [5.74, 6) is -0.0131. The maximum absolute atomic E-state index is 12.7. The number of morpholine rings is 1. The molecule has 2 N–H and O–H groups in total. The number of hydrogen-bond acceptors (Lipinski definition) is 4. The van der Waals surface area contributed by atoms with Crippen LogP contribution in [0.15, 0.2) is 0 Å². The molecular weight excluding hydrogens is 244 g/mol. The van der Waals surface area contributed by atoms with Crippen LogP contribution in [0.25, 0.3) is 0 Å². The summed E-state index contributed by atoms with van der Waals surface area (Å²) < 4.78 is 7.33. The highest BCUT2D eigenvalue weighted by atomic mass is 16.5. The summed E-state index contributed by atoms with van der Waals surface area (Å²) in [4.78, 5) is 14.7. The SMILES string of the molecule is Cc1nn(C)c(C(=O)N2CCOC3CCCC32)c1N. The van der Waals surface area contributed by atoms with Gasteiger partial charge in [-0.1, -0.05) is 0 Å². The molecule has 6 heteroatoms. The largest absolute Gasteiger partial charge is 0.395 e. The molecule has 104 valence electrons. The van der Waals surface area contributed by atoms with Crippen LogP contribution in [0.5, 0.6) is 0 Å². The molecule has 1 aliphatic heterocycles. The van der Waals surface area contributed by atoms with E-state index < -0.39 is 0 Å². The van der Waals surface area contributed by atoms with Gasteiger partial charge in [0, 0.05) is 13.6 Å². The summed E-state index contributed by atoms with van der Waals surface area (Å²) in [6.45, 7) is 3.08. The van der Waals surface area contributed by atoms with Crippen LogP contribution in [0.3, 0.4) is 0 Å². The minimum atomic E-state index is -0.0131. The van der Waals surface area contributed by atoms with Crippen LogP contribution in [0.1, 0.15) is 35.4 Å². The molecule has 2 heterocycles. The van der Waals surface area contributed by atoms with Crippen molar-refractivity contribution in [2.24, 2.45) is 7.05 Å². The van der Waals surface area contributed by atoms with Gasteiger partial charge in [0.1, 0.15) is 5.69 Å². The van der Waals surface area contributed by atoms with Crippen LogP contribution >= 0.6 is 0 Å². The predicted molar refractivity (Wildman–Crippen MR) is 70.8 cm³/mol. The molecule has 0 spiro atoms. The Balaban J connectivity index is 1.90. The Bertz CT molecular complexity index is 511. The van der Waals surface area contributed by atoms with Crippen LogP contribution in [-0.2, 0) is 11.8 Å². The number of nitrogen functional groups attached to an aromatic ring is 1. The average Bonchev–Trinajstić information content (AvgIpc) is 2.94. The molecule has 0 bridgehead atoms. The number of carbonyl (C=O) groups excluding carboxylic acids is 1. The number of nitrogens with two attached hydrogens (primary N) is 1. The van der Waals surface area contributed by atoms with Gasteiger partial charge in [-0.2, -0.15) is 5.10 Å².